The van der Waals surface area contributed by atoms with Crippen molar-refractivity contribution in [1.82, 2.24) is 15.6 Å². The Kier molecular flexibility index (Phi) is 5.09. The average molecular weight is 291 g/mol. The van der Waals surface area contributed by atoms with Gasteiger partial charge in [-0.05, 0) is 18.1 Å². The smallest absolute Gasteiger partial charge is 0.315 e. The van der Waals surface area contributed by atoms with Crippen molar-refractivity contribution in [2.75, 3.05) is 0 Å². The first-order valence-electron chi connectivity index (χ1n) is 6.29. The number of hydrogen-bond donors (Lipinski definition) is 3. The summed E-state index contributed by atoms with van der Waals surface area (Å²) in [7, 11) is 0. The Bertz CT molecular complexity index is 583. The number of nitrogens with zero attached hydrogens (tertiary/aromatic N) is 1. The van der Waals surface area contributed by atoms with Gasteiger partial charge in [0.1, 0.15) is 5.01 Å². The van der Waals surface area contributed by atoms with E-state index in [0.29, 0.717) is 13.1 Å². The molecule has 0 fully saturated rings. The molecular formula is C14H17N3O2S. The van der Waals surface area contributed by atoms with Gasteiger partial charge in [-0.1, -0.05) is 24.3 Å². The highest BCUT2D eigenvalue weighted by Crippen LogP contribution is 2.10. The number of amides is 2. The fraction of sp³-hybridized carbons (Fsp3) is 0.286. The highest BCUT2D eigenvalue weighted by Gasteiger charge is 2.05. The van der Waals surface area contributed by atoms with Crippen LogP contribution in [0.2, 0.25) is 0 Å². The van der Waals surface area contributed by atoms with Crippen molar-refractivity contribution in [3.05, 3.63) is 51.5 Å². The third-order valence-electron chi connectivity index (χ3n) is 2.80. The van der Waals surface area contributed by atoms with Gasteiger partial charge in [-0.25, -0.2) is 9.78 Å². The second-order valence-corrected chi connectivity index (χ2v) is 5.65. The summed E-state index contributed by atoms with van der Waals surface area (Å²) in [5.74, 6) is 0. The number of aryl methyl sites for hydroxylation is 1. The summed E-state index contributed by atoms with van der Waals surface area (Å²) >= 11 is 1.56. The first kappa shape index (κ1) is 14.5. The number of carbonyl (C=O) groups is 1. The minimum Gasteiger partial charge on any atom is -0.392 e. The van der Waals surface area contributed by atoms with Crippen LogP contribution >= 0.6 is 11.3 Å². The summed E-state index contributed by atoms with van der Waals surface area (Å²) in [5.41, 5.74) is 1.73. The van der Waals surface area contributed by atoms with Crippen molar-refractivity contribution < 1.29 is 9.90 Å². The Labute approximate surface area is 121 Å². The minimum atomic E-state index is -0.245. The van der Waals surface area contributed by atoms with E-state index in [1.165, 1.54) is 0 Å². The van der Waals surface area contributed by atoms with Crippen LogP contribution in [0, 0.1) is 6.92 Å². The highest BCUT2D eigenvalue weighted by atomic mass is 32.1. The maximum atomic E-state index is 11.7. The fourth-order valence-electron chi connectivity index (χ4n) is 1.76. The largest absolute Gasteiger partial charge is 0.392 e. The van der Waals surface area contributed by atoms with Gasteiger partial charge in [0.05, 0.1) is 13.2 Å². The van der Waals surface area contributed by atoms with E-state index in [4.69, 9.17) is 0 Å². The van der Waals surface area contributed by atoms with Gasteiger partial charge in [-0.2, -0.15) is 0 Å². The number of hydrogen-bond acceptors (Lipinski definition) is 4. The van der Waals surface area contributed by atoms with E-state index in [9.17, 15) is 9.90 Å². The average Bonchev–Trinajstić information content (AvgIpc) is 2.89. The molecule has 0 atom stereocenters. The van der Waals surface area contributed by atoms with Gasteiger partial charge in [0.15, 0.2) is 0 Å². The predicted molar refractivity (Wildman–Crippen MR) is 78.3 cm³/mol. The number of nitrogens with one attached hydrogen (secondary N) is 2. The second kappa shape index (κ2) is 7.02. The fourth-order valence-corrected chi connectivity index (χ4v) is 2.49. The van der Waals surface area contributed by atoms with Gasteiger partial charge in [-0.15, -0.1) is 11.3 Å². The molecule has 0 aliphatic carbocycles. The van der Waals surface area contributed by atoms with Crippen LogP contribution in [0.15, 0.2) is 30.5 Å². The Morgan fingerprint density at radius 2 is 1.95 bits per heavy atom. The highest BCUT2D eigenvalue weighted by molar-refractivity contribution is 7.11. The molecule has 1 aromatic heterocycles. The number of urea groups is 1. The topological polar surface area (TPSA) is 74.2 Å². The van der Waals surface area contributed by atoms with Crippen molar-refractivity contribution in [1.29, 1.82) is 0 Å². The Morgan fingerprint density at radius 1 is 1.25 bits per heavy atom. The number of aliphatic hydroxyl groups is 1. The molecule has 0 bridgehead atoms. The summed E-state index contributed by atoms with van der Waals surface area (Å²) in [4.78, 5) is 17.0. The van der Waals surface area contributed by atoms with Gasteiger partial charge in [-0.3, -0.25) is 0 Å². The lowest BCUT2D eigenvalue weighted by molar-refractivity contribution is 0.239. The molecule has 1 heterocycles. The quantitative estimate of drug-likeness (QED) is 0.788. The molecule has 0 aliphatic rings. The van der Waals surface area contributed by atoms with Crippen LogP contribution in [0.3, 0.4) is 0 Å². The van der Waals surface area contributed by atoms with E-state index in [1.807, 2.05) is 31.2 Å². The molecule has 0 saturated carbocycles. The van der Waals surface area contributed by atoms with Gasteiger partial charge < -0.3 is 15.7 Å². The zero-order chi connectivity index (χ0) is 14.4. The van der Waals surface area contributed by atoms with Crippen molar-refractivity contribution in [3.8, 4) is 0 Å². The number of thiazole rings is 1. The van der Waals surface area contributed by atoms with Crippen molar-refractivity contribution >= 4 is 17.4 Å². The minimum absolute atomic E-state index is 0.0299. The molecule has 2 rings (SSSR count). The van der Waals surface area contributed by atoms with Crippen molar-refractivity contribution in [2.24, 2.45) is 0 Å². The van der Waals surface area contributed by atoms with Crippen molar-refractivity contribution in [3.63, 3.8) is 0 Å². The van der Waals surface area contributed by atoms with Crippen LogP contribution in [-0.2, 0) is 19.7 Å². The van der Waals surface area contributed by atoms with Crippen LogP contribution in [0.4, 0.5) is 4.79 Å². The molecule has 0 unspecified atom stereocenters. The van der Waals surface area contributed by atoms with Gasteiger partial charge in [0.2, 0.25) is 0 Å². The number of aromatic nitrogens is 1. The molecule has 5 nitrogen and oxygen atoms in total. The standard InChI is InChI=1S/C14H17N3O2S/c1-10-6-15-13(20-10)8-17-14(19)16-7-11-4-2-3-5-12(11)9-18/h2-6,18H,7-9H2,1H3,(H2,16,17,19). The number of benzene rings is 1. The van der Waals surface area contributed by atoms with E-state index >= 15 is 0 Å². The maximum Gasteiger partial charge on any atom is 0.315 e. The van der Waals surface area contributed by atoms with E-state index in [1.54, 1.807) is 17.5 Å². The molecule has 0 saturated heterocycles. The Morgan fingerprint density at radius 3 is 2.60 bits per heavy atom. The van der Waals surface area contributed by atoms with Crippen LogP contribution in [0.1, 0.15) is 21.0 Å². The van der Waals surface area contributed by atoms with E-state index in [2.05, 4.69) is 15.6 Å². The molecule has 2 amide bonds. The van der Waals surface area contributed by atoms with Crippen LogP contribution < -0.4 is 10.6 Å². The molecule has 6 heteroatoms. The first-order valence-corrected chi connectivity index (χ1v) is 7.11. The molecule has 3 N–H and O–H groups in total. The van der Waals surface area contributed by atoms with Crippen LogP contribution in [-0.4, -0.2) is 16.1 Å². The van der Waals surface area contributed by atoms with Gasteiger partial charge in [0, 0.05) is 17.6 Å². The summed E-state index contributed by atoms with van der Waals surface area (Å²) in [5, 5.41) is 15.6. The predicted octanol–water partition coefficient (Wildman–Crippen LogP) is 1.94. The summed E-state index contributed by atoms with van der Waals surface area (Å²) in [6.45, 7) is 2.76. The molecule has 106 valence electrons. The summed E-state index contributed by atoms with van der Waals surface area (Å²) < 4.78 is 0. The number of rotatable bonds is 5. The van der Waals surface area contributed by atoms with Gasteiger partial charge in [0.25, 0.3) is 0 Å². The normalized spacial score (nSPS) is 10.3. The van der Waals surface area contributed by atoms with E-state index in [-0.39, 0.29) is 12.6 Å². The molecule has 0 spiro atoms. The number of carbonyl (C=O) groups excluding carboxylic acids is 1. The van der Waals surface area contributed by atoms with Crippen molar-refractivity contribution in [2.45, 2.75) is 26.6 Å². The molecule has 2 aromatic rings. The molecule has 1 aromatic carbocycles. The summed E-state index contributed by atoms with van der Waals surface area (Å²) in [6.07, 6.45) is 1.79. The van der Waals surface area contributed by atoms with E-state index in [0.717, 1.165) is 21.0 Å². The lowest BCUT2D eigenvalue weighted by atomic mass is 10.1. The van der Waals surface area contributed by atoms with E-state index < -0.39 is 0 Å². The number of aliphatic hydroxyl groups excluding tert-OH is 1. The molecule has 20 heavy (non-hydrogen) atoms. The third kappa shape index (κ3) is 4.04. The zero-order valence-electron chi connectivity index (χ0n) is 11.2. The third-order valence-corrected chi connectivity index (χ3v) is 3.71. The first-order chi connectivity index (χ1) is 9.69. The summed E-state index contributed by atoms with van der Waals surface area (Å²) in [6, 6.07) is 7.22. The van der Waals surface area contributed by atoms with Gasteiger partial charge >= 0.3 is 6.03 Å². The lowest BCUT2D eigenvalue weighted by Gasteiger charge is -2.09. The zero-order valence-corrected chi connectivity index (χ0v) is 12.0. The second-order valence-electron chi connectivity index (χ2n) is 4.33. The van der Waals surface area contributed by atoms with Crippen LogP contribution in [0.5, 0.6) is 0 Å². The monoisotopic (exact) mass is 291 g/mol. The Hall–Kier alpha value is -1.92. The lowest BCUT2D eigenvalue weighted by Crippen LogP contribution is -2.34. The molecule has 0 aliphatic heterocycles. The maximum absolute atomic E-state index is 11.7. The molecular weight excluding hydrogens is 274 g/mol. The van der Waals surface area contributed by atoms with Crippen LogP contribution in [0.25, 0.3) is 0 Å². The molecule has 0 radical (unpaired) electrons. The Balaban J connectivity index is 1.80. The SMILES string of the molecule is Cc1cnc(CNC(=O)NCc2ccccc2CO)s1.